The molecule has 0 saturated carbocycles. The summed E-state index contributed by atoms with van der Waals surface area (Å²) < 4.78 is 0. The monoisotopic (exact) mass is 385 g/mol. The lowest BCUT2D eigenvalue weighted by molar-refractivity contribution is -0.137. The highest BCUT2D eigenvalue weighted by Gasteiger charge is 2.38. The van der Waals surface area contributed by atoms with Gasteiger partial charge in [0.25, 0.3) is 5.91 Å². The summed E-state index contributed by atoms with van der Waals surface area (Å²) in [5, 5.41) is 16.9. The molecule has 0 radical (unpaired) electrons. The van der Waals surface area contributed by atoms with Crippen molar-refractivity contribution in [3.05, 3.63) is 47.2 Å². The number of fused-ring (bicyclic) bond motifs is 1. The zero-order valence-corrected chi connectivity index (χ0v) is 15.3. The Kier molecular flexibility index (Phi) is 5.93. The van der Waals surface area contributed by atoms with Gasteiger partial charge in [0.15, 0.2) is 5.96 Å². The van der Waals surface area contributed by atoms with E-state index in [1.807, 2.05) is 18.3 Å². The first-order valence-corrected chi connectivity index (χ1v) is 9.12. The van der Waals surface area contributed by atoms with Crippen molar-refractivity contribution in [2.45, 2.75) is 31.8 Å². The molecule has 0 aliphatic carbocycles. The van der Waals surface area contributed by atoms with Crippen LogP contribution in [-0.2, 0) is 16.0 Å². The number of benzene rings is 1. The minimum Gasteiger partial charge on any atom is -0.481 e. The van der Waals surface area contributed by atoms with Crippen molar-refractivity contribution < 1.29 is 19.5 Å². The Morgan fingerprint density at radius 3 is 2.68 bits per heavy atom. The average molecular weight is 385 g/mol. The van der Waals surface area contributed by atoms with Crippen molar-refractivity contribution >= 4 is 23.7 Å². The molecule has 148 valence electrons. The second kappa shape index (κ2) is 8.55. The number of rotatable bonds is 8. The van der Waals surface area contributed by atoms with Crippen LogP contribution in [0.4, 0.5) is 0 Å². The van der Waals surface area contributed by atoms with E-state index in [1.54, 1.807) is 12.1 Å². The molecule has 28 heavy (non-hydrogen) atoms. The fraction of sp³-hybridized carbons (Fsp3) is 0.368. The standard InChI is InChI=1S/C19H23N5O4/c20-19-23-16-15(18(28)24-19)13(10-22-16)8-5-11-3-6-12(7-4-11)17(27)21-9-1-2-14(25)26/h3-4,6-7,10,15-16,22H,1-2,5,8-9H2,(H,21,27)(H,25,26)(H3,20,23,24,28). The van der Waals surface area contributed by atoms with E-state index in [2.05, 4.69) is 20.9 Å². The van der Waals surface area contributed by atoms with Gasteiger partial charge < -0.3 is 21.5 Å². The van der Waals surface area contributed by atoms with E-state index >= 15 is 0 Å². The third kappa shape index (κ3) is 4.67. The maximum atomic E-state index is 12.1. The summed E-state index contributed by atoms with van der Waals surface area (Å²) in [6.45, 7) is 0.325. The van der Waals surface area contributed by atoms with Crippen molar-refractivity contribution in [1.82, 2.24) is 16.0 Å². The number of hydrogen-bond acceptors (Lipinski definition) is 6. The van der Waals surface area contributed by atoms with Gasteiger partial charge in [-0.3, -0.25) is 19.7 Å². The van der Waals surface area contributed by atoms with Gasteiger partial charge in [0.05, 0.1) is 0 Å². The summed E-state index contributed by atoms with van der Waals surface area (Å²) in [4.78, 5) is 38.8. The van der Waals surface area contributed by atoms with E-state index in [9.17, 15) is 14.4 Å². The molecule has 2 atom stereocenters. The number of guanidine groups is 1. The number of carbonyl (C=O) groups excluding carboxylic acids is 2. The molecule has 6 N–H and O–H groups in total. The number of aliphatic carboxylic acids is 1. The van der Waals surface area contributed by atoms with Crippen LogP contribution in [0.25, 0.3) is 0 Å². The molecule has 0 aromatic heterocycles. The van der Waals surface area contributed by atoms with Crippen LogP contribution in [0.15, 0.2) is 41.0 Å². The number of carboxylic acids is 1. The van der Waals surface area contributed by atoms with Crippen LogP contribution < -0.4 is 21.7 Å². The molecule has 2 amide bonds. The Morgan fingerprint density at radius 1 is 1.21 bits per heavy atom. The molecule has 1 aromatic rings. The molecule has 3 rings (SSSR count). The van der Waals surface area contributed by atoms with Gasteiger partial charge in [0, 0.05) is 18.5 Å². The van der Waals surface area contributed by atoms with Crippen LogP contribution in [0.2, 0.25) is 0 Å². The largest absolute Gasteiger partial charge is 0.481 e. The maximum absolute atomic E-state index is 12.1. The molecule has 9 heteroatoms. The van der Waals surface area contributed by atoms with Crippen molar-refractivity contribution in [2.75, 3.05) is 6.54 Å². The quantitative estimate of drug-likeness (QED) is 0.401. The van der Waals surface area contributed by atoms with E-state index in [0.717, 1.165) is 17.6 Å². The SMILES string of the molecule is NC1=NC2NC=C(CCc3ccc(C(=O)NCCCC(=O)O)cc3)C2C(=O)N1. The van der Waals surface area contributed by atoms with Crippen molar-refractivity contribution in [3.8, 4) is 0 Å². The van der Waals surface area contributed by atoms with Crippen LogP contribution in [0, 0.1) is 5.92 Å². The highest BCUT2D eigenvalue weighted by Crippen LogP contribution is 2.28. The Balaban J connectivity index is 1.49. The molecule has 0 saturated heterocycles. The minimum absolute atomic E-state index is 0.0295. The van der Waals surface area contributed by atoms with E-state index in [-0.39, 0.29) is 36.3 Å². The smallest absolute Gasteiger partial charge is 0.303 e. The van der Waals surface area contributed by atoms with Gasteiger partial charge in [-0.15, -0.1) is 0 Å². The van der Waals surface area contributed by atoms with Crippen LogP contribution in [-0.4, -0.2) is 41.6 Å². The normalized spacial score (nSPS) is 20.4. The van der Waals surface area contributed by atoms with E-state index in [1.165, 1.54) is 0 Å². The van der Waals surface area contributed by atoms with Gasteiger partial charge in [-0.2, -0.15) is 0 Å². The maximum Gasteiger partial charge on any atom is 0.303 e. The molecule has 2 unspecified atom stereocenters. The summed E-state index contributed by atoms with van der Waals surface area (Å²) in [5.41, 5.74) is 8.12. The van der Waals surface area contributed by atoms with Crippen LogP contribution in [0.1, 0.15) is 35.2 Å². The van der Waals surface area contributed by atoms with Gasteiger partial charge in [-0.25, -0.2) is 4.99 Å². The Bertz CT molecular complexity index is 831. The number of carbonyl (C=O) groups is 3. The van der Waals surface area contributed by atoms with Gasteiger partial charge >= 0.3 is 5.97 Å². The number of hydrogen-bond donors (Lipinski definition) is 5. The highest BCUT2D eigenvalue weighted by molar-refractivity contribution is 6.01. The fourth-order valence-electron chi connectivity index (χ4n) is 3.27. The van der Waals surface area contributed by atoms with Gasteiger partial charge in [0.1, 0.15) is 12.1 Å². The zero-order valence-electron chi connectivity index (χ0n) is 15.3. The summed E-state index contributed by atoms with van der Waals surface area (Å²) in [7, 11) is 0. The lowest BCUT2D eigenvalue weighted by atomic mass is 9.92. The molecule has 0 spiro atoms. The number of amides is 2. The lowest BCUT2D eigenvalue weighted by Gasteiger charge is -2.24. The van der Waals surface area contributed by atoms with Crippen LogP contribution >= 0.6 is 0 Å². The second-order valence-corrected chi connectivity index (χ2v) is 6.76. The molecule has 1 aromatic carbocycles. The first kappa shape index (κ1) is 19.4. The van der Waals surface area contributed by atoms with Crippen molar-refractivity contribution in [3.63, 3.8) is 0 Å². The predicted octanol–water partition coefficient (Wildman–Crippen LogP) is 0.0877. The molecular weight excluding hydrogens is 362 g/mol. The molecule has 2 aliphatic rings. The number of nitrogens with zero attached hydrogens (tertiary/aromatic N) is 1. The number of aryl methyl sites for hydroxylation is 1. The molecule has 0 bridgehead atoms. The lowest BCUT2D eigenvalue weighted by Crippen LogP contribution is -2.50. The Morgan fingerprint density at radius 2 is 1.96 bits per heavy atom. The van der Waals surface area contributed by atoms with Crippen molar-refractivity contribution in [1.29, 1.82) is 0 Å². The van der Waals surface area contributed by atoms with Gasteiger partial charge in [-0.1, -0.05) is 12.1 Å². The third-order valence-corrected chi connectivity index (χ3v) is 4.74. The number of aliphatic imine (C=N–C) groups is 1. The molecular formula is C19H23N5O4. The summed E-state index contributed by atoms with van der Waals surface area (Å²) in [6, 6.07) is 7.24. The summed E-state index contributed by atoms with van der Waals surface area (Å²) in [5.74, 6) is -1.47. The molecule has 9 nitrogen and oxygen atoms in total. The third-order valence-electron chi connectivity index (χ3n) is 4.74. The molecule has 2 heterocycles. The Labute approximate surface area is 162 Å². The van der Waals surface area contributed by atoms with E-state index < -0.39 is 5.97 Å². The van der Waals surface area contributed by atoms with Crippen LogP contribution in [0.5, 0.6) is 0 Å². The summed E-state index contributed by atoms with van der Waals surface area (Å²) in [6.07, 6.45) is 3.34. The minimum atomic E-state index is -0.876. The zero-order chi connectivity index (χ0) is 20.1. The second-order valence-electron chi connectivity index (χ2n) is 6.76. The topological polar surface area (TPSA) is 146 Å². The Hall–Kier alpha value is -3.36. The van der Waals surface area contributed by atoms with Crippen LogP contribution in [0.3, 0.4) is 0 Å². The number of nitrogens with one attached hydrogen (secondary N) is 3. The highest BCUT2D eigenvalue weighted by atomic mass is 16.4. The first-order chi connectivity index (χ1) is 13.4. The first-order valence-electron chi connectivity index (χ1n) is 9.12. The fourth-order valence-corrected chi connectivity index (χ4v) is 3.27. The van der Waals surface area contributed by atoms with Crippen molar-refractivity contribution in [2.24, 2.45) is 16.6 Å². The molecule has 2 aliphatic heterocycles. The molecule has 0 fully saturated rings. The van der Waals surface area contributed by atoms with E-state index in [4.69, 9.17) is 10.8 Å². The summed E-state index contributed by atoms with van der Waals surface area (Å²) >= 11 is 0. The van der Waals surface area contributed by atoms with Gasteiger partial charge in [0.2, 0.25) is 5.91 Å². The predicted molar refractivity (Wildman–Crippen MR) is 102 cm³/mol. The number of nitrogens with two attached hydrogens (primary N) is 1. The average Bonchev–Trinajstić information content (AvgIpc) is 3.06. The number of carboxylic acid groups (broad SMARTS) is 1. The van der Waals surface area contributed by atoms with E-state index in [0.29, 0.717) is 24.9 Å². The van der Waals surface area contributed by atoms with Gasteiger partial charge in [-0.05, 0) is 48.7 Å².